The Balaban J connectivity index is 1.77. The summed E-state index contributed by atoms with van der Waals surface area (Å²) < 4.78 is 12.1. The van der Waals surface area contributed by atoms with Crippen LogP contribution in [0.25, 0.3) is 0 Å². The summed E-state index contributed by atoms with van der Waals surface area (Å²) in [5.74, 6) is -1.86. The summed E-state index contributed by atoms with van der Waals surface area (Å²) in [5, 5.41) is 9.09. The molecule has 0 saturated carbocycles. The number of carboxylic acid groups (broad SMARTS) is 1. The minimum absolute atomic E-state index is 0.261. The Bertz CT molecular complexity index is 758. The van der Waals surface area contributed by atoms with Gasteiger partial charge in [0.2, 0.25) is 5.79 Å². The van der Waals surface area contributed by atoms with E-state index in [2.05, 4.69) is 18.2 Å². The van der Waals surface area contributed by atoms with Crippen LogP contribution in [0, 0.1) is 0 Å². The molecule has 1 fully saturated rings. The minimum Gasteiger partial charge on any atom is -0.478 e. The second-order valence-corrected chi connectivity index (χ2v) is 6.39. The van der Waals surface area contributed by atoms with Crippen molar-refractivity contribution < 1.29 is 19.4 Å². The predicted octanol–water partition coefficient (Wildman–Crippen LogP) is 3.51. The number of carboxylic acids is 1. The fraction of sp³-hybridized carbons (Fsp3) is 0.350. The highest BCUT2D eigenvalue weighted by Crippen LogP contribution is 2.39. The molecule has 124 valence electrons. The highest BCUT2D eigenvalue weighted by Gasteiger charge is 2.41. The van der Waals surface area contributed by atoms with Gasteiger partial charge >= 0.3 is 5.97 Å². The molecule has 1 aliphatic carbocycles. The van der Waals surface area contributed by atoms with E-state index in [0.29, 0.717) is 13.2 Å². The van der Waals surface area contributed by atoms with Crippen molar-refractivity contribution in [2.75, 3.05) is 13.2 Å². The second kappa shape index (κ2) is 6.04. The van der Waals surface area contributed by atoms with Crippen LogP contribution in [0.15, 0.2) is 42.5 Å². The van der Waals surface area contributed by atoms with Crippen molar-refractivity contribution in [3.8, 4) is 0 Å². The molecule has 1 saturated heterocycles. The van der Waals surface area contributed by atoms with Gasteiger partial charge in [0.1, 0.15) is 0 Å². The topological polar surface area (TPSA) is 55.8 Å². The maximum absolute atomic E-state index is 11.1. The number of aromatic carboxylic acids is 1. The predicted molar refractivity (Wildman–Crippen MR) is 89.2 cm³/mol. The molecule has 4 nitrogen and oxygen atoms in total. The molecule has 4 rings (SSSR count). The lowest BCUT2D eigenvalue weighted by Crippen LogP contribution is -2.29. The van der Waals surface area contributed by atoms with Gasteiger partial charge in [-0.25, -0.2) is 4.79 Å². The van der Waals surface area contributed by atoms with Gasteiger partial charge in [0.25, 0.3) is 0 Å². The van der Waals surface area contributed by atoms with Gasteiger partial charge in [0.05, 0.1) is 18.8 Å². The lowest BCUT2D eigenvalue weighted by molar-refractivity contribution is -0.130. The maximum Gasteiger partial charge on any atom is 0.335 e. The molecular weight excluding hydrogens is 304 g/mol. The summed E-state index contributed by atoms with van der Waals surface area (Å²) >= 11 is 0. The van der Waals surface area contributed by atoms with Crippen LogP contribution in [0.5, 0.6) is 0 Å². The van der Waals surface area contributed by atoms with E-state index in [9.17, 15) is 4.79 Å². The van der Waals surface area contributed by atoms with Gasteiger partial charge in [-0.1, -0.05) is 24.3 Å². The molecule has 2 aromatic carbocycles. The van der Waals surface area contributed by atoms with Crippen molar-refractivity contribution in [1.82, 2.24) is 0 Å². The van der Waals surface area contributed by atoms with E-state index in [-0.39, 0.29) is 5.56 Å². The first-order valence-electron chi connectivity index (χ1n) is 8.43. The average Bonchev–Trinajstić information content (AvgIpc) is 3.12. The number of fused-ring (bicyclic) bond motifs is 1. The number of aryl methyl sites for hydroxylation is 2. The molecule has 0 spiro atoms. The molecule has 1 N–H and O–H groups in total. The summed E-state index contributed by atoms with van der Waals surface area (Å²) in [6, 6.07) is 13.2. The molecule has 0 radical (unpaired) electrons. The Morgan fingerprint density at radius 2 is 1.50 bits per heavy atom. The van der Waals surface area contributed by atoms with Crippen LogP contribution in [0.1, 0.15) is 45.5 Å². The van der Waals surface area contributed by atoms with E-state index in [1.165, 1.54) is 24.0 Å². The molecule has 1 heterocycles. The molecule has 1 aliphatic heterocycles. The van der Waals surface area contributed by atoms with Crippen LogP contribution in [0.3, 0.4) is 0 Å². The lowest BCUT2D eigenvalue weighted by Gasteiger charge is -2.30. The molecule has 0 bridgehead atoms. The number of carbonyl (C=O) groups is 1. The highest BCUT2D eigenvalue weighted by molar-refractivity contribution is 5.87. The average molecular weight is 324 g/mol. The van der Waals surface area contributed by atoms with Crippen molar-refractivity contribution in [2.24, 2.45) is 0 Å². The van der Waals surface area contributed by atoms with Crippen molar-refractivity contribution in [3.05, 3.63) is 70.3 Å². The zero-order chi connectivity index (χ0) is 16.6. The van der Waals surface area contributed by atoms with E-state index in [1.54, 1.807) is 24.3 Å². The number of rotatable bonds is 3. The Kier molecular flexibility index (Phi) is 3.87. The summed E-state index contributed by atoms with van der Waals surface area (Å²) in [6.07, 6.45) is 4.70. The maximum atomic E-state index is 11.1. The van der Waals surface area contributed by atoms with Crippen molar-refractivity contribution in [3.63, 3.8) is 0 Å². The quantitative estimate of drug-likeness (QED) is 0.939. The first-order valence-corrected chi connectivity index (χ1v) is 8.43. The summed E-state index contributed by atoms with van der Waals surface area (Å²) in [6.45, 7) is 1.05. The Labute approximate surface area is 141 Å². The third-order valence-corrected chi connectivity index (χ3v) is 4.93. The van der Waals surface area contributed by atoms with E-state index in [0.717, 1.165) is 24.0 Å². The fourth-order valence-corrected chi connectivity index (χ4v) is 3.68. The van der Waals surface area contributed by atoms with Crippen LogP contribution in [0.2, 0.25) is 0 Å². The third-order valence-electron chi connectivity index (χ3n) is 4.93. The van der Waals surface area contributed by atoms with E-state index >= 15 is 0 Å². The lowest BCUT2D eigenvalue weighted by atomic mass is 9.87. The summed E-state index contributed by atoms with van der Waals surface area (Å²) in [4.78, 5) is 11.1. The van der Waals surface area contributed by atoms with Gasteiger partial charge < -0.3 is 14.6 Å². The molecule has 24 heavy (non-hydrogen) atoms. The van der Waals surface area contributed by atoms with E-state index < -0.39 is 11.8 Å². The number of ether oxygens (including phenoxy) is 2. The first kappa shape index (κ1) is 15.4. The molecule has 0 aromatic heterocycles. The Morgan fingerprint density at radius 1 is 0.875 bits per heavy atom. The minimum atomic E-state index is -0.933. The molecule has 0 unspecified atom stereocenters. The highest BCUT2D eigenvalue weighted by atomic mass is 16.7. The largest absolute Gasteiger partial charge is 0.478 e. The SMILES string of the molecule is O=C(O)c1ccc(C2(c3ccc4c(c3)CCCC4)OCCO2)cc1. The molecule has 4 heteroatoms. The van der Waals surface area contributed by atoms with Gasteiger partial charge in [0.15, 0.2) is 0 Å². The monoisotopic (exact) mass is 324 g/mol. The van der Waals surface area contributed by atoms with Crippen molar-refractivity contribution in [2.45, 2.75) is 31.5 Å². The standard InChI is InChI=1S/C20H20O4/c21-19(22)15-6-8-17(9-7-15)20(23-11-12-24-20)18-10-5-14-3-1-2-4-16(14)13-18/h5-10,13H,1-4,11-12H2,(H,21,22). The smallest absolute Gasteiger partial charge is 0.335 e. The normalized spacial score (nSPS) is 19.0. The number of benzene rings is 2. The zero-order valence-electron chi connectivity index (χ0n) is 13.5. The molecule has 2 aliphatic rings. The summed E-state index contributed by atoms with van der Waals surface area (Å²) in [7, 11) is 0. The van der Waals surface area contributed by atoms with Crippen LogP contribution in [-0.2, 0) is 28.1 Å². The molecule has 0 atom stereocenters. The Hall–Kier alpha value is -2.17. The van der Waals surface area contributed by atoms with Crippen molar-refractivity contribution in [1.29, 1.82) is 0 Å². The van der Waals surface area contributed by atoms with Gasteiger partial charge in [0, 0.05) is 11.1 Å². The summed E-state index contributed by atoms with van der Waals surface area (Å²) in [5.41, 5.74) is 4.88. The number of hydrogen-bond acceptors (Lipinski definition) is 3. The van der Waals surface area contributed by atoms with Gasteiger partial charge in [-0.2, -0.15) is 0 Å². The van der Waals surface area contributed by atoms with E-state index in [1.807, 2.05) is 0 Å². The van der Waals surface area contributed by atoms with Crippen LogP contribution >= 0.6 is 0 Å². The van der Waals surface area contributed by atoms with Crippen LogP contribution < -0.4 is 0 Å². The first-order chi connectivity index (χ1) is 11.7. The molecular formula is C20H20O4. The van der Waals surface area contributed by atoms with Crippen LogP contribution in [-0.4, -0.2) is 24.3 Å². The second-order valence-electron chi connectivity index (χ2n) is 6.39. The number of hydrogen-bond donors (Lipinski definition) is 1. The fourth-order valence-electron chi connectivity index (χ4n) is 3.68. The molecule has 2 aromatic rings. The van der Waals surface area contributed by atoms with Gasteiger partial charge in [-0.3, -0.25) is 0 Å². The third kappa shape index (κ3) is 2.52. The van der Waals surface area contributed by atoms with Gasteiger partial charge in [-0.15, -0.1) is 0 Å². The molecule has 0 amide bonds. The zero-order valence-corrected chi connectivity index (χ0v) is 13.5. The Morgan fingerprint density at radius 3 is 2.17 bits per heavy atom. The van der Waals surface area contributed by atoms with E-state index in [4.69, 9.17) is 14.6 Å². The van der Waals surface area contributed by atoms with Gasteiger partial charge in [-0.05, 0) is 55.0 Å². The van der Waals surface area contributed by atoms with Crippen molar-refractivity contribution >= 4 is 5.97 Å². The van der Waals surface area contributed by atoms with Crippen LogP contribution in [0.4, 0.5) is 0 Å².